The molecule has 9 heteroatoms. The molecule has 3 heterocycles. The molecular formula is C27H34N2O7. The lowest BCUT2D eigenvalue weighted by molar-refractivity contribution is -0.129. The third-order valence-corrected chi connectivity index (χ3v) is 6.32. The summed E-state index contributed by atoms with van der Waals surface area (Å²) in [5, 5.41) is 10.9. The number of nitrogens with zero attached hydrogens (tertiary/aromatic N) is 2. The maximum atomic E-state index is 13.4. The number of morpholine rings is 1. The Kier molecular flexibility index (Phi) is 8.66. The Morgan fingerprint density at radius 2 is 1.92 bits per heavy atom. The van der Waals surface area contributed by atoms with Crippen LogP contribution in [0.2, 0.25) is 0 Å². The quantitative estimate of drug-likeness (QED) is 0.442. The summed E-state index contributed by atoms with van der Waals surface area (Å²) in [6.07, 6.45) is 2.93. The number of ketones is 1. The van der Waals surface area contributed by atoms with Gasteiger partial charge in [0, 0.05) is 26.2 Å². The van der Waals surface area contributed by atoms with Crippen LogP contribution in [0, 0.1) is 0 Å². The Bertz CT molecular complexity index is 1070. The van der Waals surface area contributed by atoms with Gasteiger partial charge in [-0.25, -0.2) is 0 Å². The Labute approximate surface area is 211 Å². The third-order valence-electron chi connectivity index (χ3n) is 6.32. The Morgan fingerprint density at radius 3 is 2.61 bits per heavy atom. The number of hydrogen-bond donors (Lipinski definition) is 1. The van der Waals surface area contributed by atoms with Gasteiger partial charge in [-0.15, -0.1) is 0 Å². The molecule has 1 unspecified atom stereocenters. The highest BCUT2D eigenvalue weighted by molar-refractivity contribution is 6.15. The first-order valence-corrected chi connectivity index (χ1v) is 12.6. The minimum absolute atomic E-state index is 0.00555. The molecule has 2 aliphatic rings. The van der Waals surface area contributed by atoms with Crippen molar-refractivity contribution in [3.63, 3.8) is 0 Å². The van der Waals surface area contributed by atoms with E-state index in [4.69, 9.17) is 18.6 Å². The Hall–Kier alpha value is -3.30. The molecule has 1 atom stereocenters. The molecule has 1 aromatic carbocycles. The maximum Gasteiger partial charge on any atom is 0.290 e. The van der Waals surface area contributed by atoms with Crippen molar-refractivity contribution >= 4 is 11.7 Å². The van der Waals surface area contributed by atoms with Crippen LogP contribution >= 0.6 is 0 Å². The molecule has 1 fully saturated rings. The number of benzene rings is 1. The van der Waals surface area contributed by atoms with Crippen molar-refractivity contribution in [2.45, 2.75) is 32.7 Å². The molecule has 0 bridgehead atoms. The molecule has 2 aliphatic heterocycles. The fourth-order valence-corrected chi connectivity index (χ4v) is 4.59. The highest BCUT2D eigenvalue weighted by atomic mass is 16.5. The molecule has 194 valence electrons. The standard InChI is InChI=1S/C27H34N2O7/c1-3-14-35-20-9-8-19(18-22(20)34-4-2)24-23(25(30)21-7-5-15-36-21)26(31)27(32)29(24)11-6-10-28-12-16-33-17-13-28/h5,7-9,15,18,24,31H,3-4,6,10-14,16-17H2,1-2H3. The predicted molar refractivity (Wildman–Crippen MR) is 132 cm³/mol. The average molecular weight is 499 g/mol. The van der Waals surface area contributed by atoms with Crippen LogP contribution < -0.4 is 9.47 Å². The van der Waals surface area contributed by atoms with E-state index in [0.717, 1.165) is 26.1 Å². The summed E-state index contributed by atoms with van der Waals surface area (Å²) in [5.41, 5.74) is 0.659. The molecule has 1 N–H and O–H groups in total. The van der Waals surface area contributed by atoms with Crippen LogP contribution in [0.1, 0.15) is 48.8 Å². The molecule has 0 spiro atoms. The van der Waals surface area contributed by atoms with Gasteiger partial charge in [-0.05, 0) is 49.6 Å². The van der Waals surface area contributed by atoms with Crippen LogP contribution in [0.5, 0.6) is 11.5 Å². The molecule has 1 aromatic heterocycles. The van der Waals surface area contributed by atoms with Crippen molar-refractivity contribution in [2.75, 3.05) is 52.6 Å². The highest BCUT2D eigenvalue weighted by Gasteiger charge is 2.44. The van der Waals surface area contributed by atoms with Gasteiger partial charge in [0.25, 0.3) is 5.91 Å². The second kappa shape index (κ2) is 12.1. The van der Waals surface area contributed by atoms with Gasteiger partial charge in [0.1, 0.15) is 0 Å². The summed E-state index contributed by atoms with van der Waals surface area (Å²) in [5.74, 6) is -0.440. The van der Waals surface area contributed by atoms with Gasteiger partial charge >= 0.3 is 0 Å². The number of amides is 1. The van der Waals surface area contributed by atoms with Crippen LogP contribution in [0.3, 0.4) is 0 Å². The van der Waals surface area contributed by atoms with Crippen molar-refractivity contribution in [2.24, 2.45) is 0 Å². The van der Waals surface area contributed by atoms with Gasteiger partial charge in [0.05, 0.1) is 44.3 Å². The van der Waals surface area contributed by atoms with Crippen LogP contribution in [0.25, 0.3) is 0 Å². The summed E-state index contributed by atoms with van der Waals surface area (Å²) in [7, 11) is 0. The van der Waals surface area contributed by atoms with E-state index < -0.39 is 23.5 Å². The van der Waals surface area contributed by atoms with Gasteiger partial charge in [0.15, 0.2) is 23.0 Å². The Morgan fingerprint density at radius 1 is 1.11 bits per heavy atom. The molecule has 0 saturated carbocycles. The lowest BCUT2D eigenvalue weighted by atomic mass is 9.94. The van der Waals surface area contributed by atoms with E-state index >= 15 is 0 Å². The monoisotopic (exact) mass is 498 g/mol. The number of furan rings is 1. The molecule has 0 aliphatic carbocycles. The van der Waals surface area contributed by atoms with E-state index in [1.807, 2.05) is 19.9 Å². The minimum atomic E-state index is -0.778. The van der Waals surface area contributed by atoms with Crippen molar-refractivity contribution in [1.82, 2.24) is 9.80 Å². The first-order valence-electron chi connectivity index (χ1n) is 12.6. The van der Waals surface area contributed by atoms with E-state index in [1.165, 1.54) is 12.3 Å². The van der Waals surface area contributed by atoms with E-state index in [-0.39, 0.29) is 11.3 Å². The van der Waals surface area contributed by atoms with Crippen LogP contribution in [0.4, 0.5) is 0 Å². The molecule has 9 nitrogen and oxygen atoms in total. The van der Waals surface area contributed by atoms with E-state index in [2.05, 4.69) is 4.90 Å². The SMILES string of the molecule is CCCOc1ccc(C2C(C(=O)c3ccco3)=C(O)C(=O)N2CCCN2CCOCC2)cc1OCC. The third kappa shape index (κ3) is 5.57. The summed E-state index contributed by atoms with van der Waals surface area (Å²) in [4.78, 5) is 30.4. The first kappa shape index (κ1) is 25.8. The molecule has 36 heavy (non-hydrogen) atoms. The van der Waals surface area contributed by atoms with Crippen molar-refractivity contribution in [1.29, 1.82) is 0 Å². The predicted octanol–water partition coefficient (Wildman–Crippen LogP) is 3.77. The number of rotatable bonds is 12. The molecule has 2 aromatic rings. The molecule has 1 saturated heterocycles. The second-order valence-electron chi connectivity index (χ2n) is 8.77. The number of aliphatic hydroxyl groups is 1. The molecule has 4 rings (SSSR count). The molecular weight excluding hydrogens is 464 g/mol. The van der Waals surface area contributed by atoms with Gasteiger partial charge in [-0.3, -0.25) is 14.5 Å². The van der Waals surface area contributed by atoms with Crippen LogP contribution in [-0.2, 0) is 9.53 Å². The number of carbonyl (C=O) groups is 2. The smallest absolute Gasteiger partial charge is 0.290 e. The Balaban J connectivity index is 1.65. The summed E-state index contributed by atoms with van der Waals surface area (Å²) < 4.78 is 22.4. The van der Waals surface area contributed by atoms with Gasteiger partial charge < -0.3 is 28.6 Å². The number of hydrogen-bond acceptors (Lipinski definition) is 8. The number of carbonyl (C=O) groups excluding carboxylic acids is 2. The van der Waals surface area contributed by atoms with Gasteiger partial charge in [-0.1, -0.05) is 13.0 Å². The maximum absolute atomic E-state index is 13.4. The lowest BCUT2D eigenvalue weighted by Crippen LogP contribution is -2.39. The van der Waals surface area contributed by atoms with Crippen molar-refractivity contribution in [3.8, 4) is 11.5 Å². The fourth-order valence-electron chi connectivity index (χ4n) is 4.59. The largest absolute Gasteiger partial charge is 0.503 e. The van der Waals surface area contributed by atoms with E-state index in [9.17, 15) is 14.7 Å². The van der Waals surface area contributed by atoms with Gasteiger partial charge in [-0.2, -0.15) is 0 Å². The zero-order valence-electron chi connectivity index (χ0n) is 20.9. The summed E-state index contributed by atoms with van der Waals surface area (Å²) >= 11 is 0. The first-order chi connectivity index (χ1) is 17.5. The number of ether oxygens (including phenoxy) is 3. The molecule has 0 radical (unpaired) electrons. The highest BCUT2D eigenvalue weighted by Crippen LogP contribution is 2.42. The number of Topliss-reactive ketones (excluding diaryl/α,β-unsaturated/α-hetero) is 1. The topological polar surface area (TPSA) is 102 Å². The lowest BCUT2D eigenvalue weighted by Gasteiger charge is -2.30. The summed E-state index contributed by atoms with van der Waals surface area (Å²) in [6, 6.07) is 7.74. The second-order valence-corrected chi connectivity index (χ2v) is 8.77. The van der Waals surface area contributed by atoms with E-state index in [1.54, 1.807) is 23.1 Å². The van der Waals surface area contributed by atoms with Gasteiger partial charge in [0.2, 0.25) is 5.78 Å². The average Bonchev–Trinajstić information content (AvgIpc) is 3.52. The van der Waals surface area contributed by atoms with Crippen LogP contribution in [0.15, 0.2) is 52.3 Å². The van der Waals surface area contributed by atoms with E-state index in [0.29, 0.717) is 56.5 Å². The zero-order valence-corrected chi connectivity index (χ0v) is 20.9. The minimum Gasteiger partial charge on any atom is -0.503 e. The fraction of sp³-hybridized carbons (Fsp3) is 0.481. The van der Waals surface area contributed by atoms with Crippen molar-refractivity contribution in [3.05, 3.63) is 59.3 Å². The number of aliphatic hydroxyl groups excluding tert-OH is 1. The van der Waals surface area contributed by atoms with Crippen molar-refractivity contribution < 1.29 is 33.3 Å². The zero-order chi connectivity index (χ0) is 25.5. The van der Waals surface area contributed by atoms with Crippen LogP contribution in [-0.4, -0.2) is 79.2 Å². The summed E-state index contributed by atoms with van der Waals surface area (Å²) in [6.45, 7) is 9.12. The molecule has 1 amide bonds. The normalized spacial score (nSPS) is 18.7.